The summed E-state index contributed by atoms with van der Waals surface area (Å²) in [6, 6.07) is 12.5. The minimum atomic E-state index is 0.730. The number of rotatable bonds is 7. The topological polar surface area (TPSA) is 25.8 Å². The smallest absolute Gasteiger partial charge is 0.136 e. The standard InChI is InChI=1S/C21H26N2/c1-3-5-6-7-9-18-10-12-19(13-11-18)14-15-21-17-16-20(8-4-2)22-23-21/h10-13,16-17H,3-9H2,1-2H3. The molecule has 2 rings (SSSR count). The van der Waals surface area contributed by atoms with Crippen molar-refractivity contribution in [1.29, 1.82) is 0 Å². The molecule has 0 bridgehead atoms. The summed E-state index contributed by atoms with van der Waals surface area (Å²) in [4.78, 5) is 0. The highest BCUT2D eigenvalue weighted by atomic mass is 15.1. The van der Waals surface area contributed by atoms with Gasteiger partial charge >= 0.3 is 0 Å². The number of aromatic nitrogens is 2. The van der Waals surface area contributed by atoms with Gasteiger partial charge in [0.05, 0.1) is 5.69 Å². The summed E-state index contributed by atoms with van der Waals surface area (Å²) in [6.45, 7) is 4.39. The minimum Gasteiger partial charge on any atom is -0.154 e. The number of nitrogens with zero attached hydrogens (tertiary/aromatic N) is 2. The van der Waals surface area contributed by atoms with E-state index in [0.29, 0.717) is 0 Å². The SMILES string of the molecule is CCCCCCc1ccc(C#Cc2ccc(CCC)nn2)cc1. The molecule has 0 amide bonds. The third-order valence-corrected chi connectivity index (χ3v) is 3.83. The summed E-state index contributed by atoms with van der Waals surface area (Å²) in [5.41, 5.74) is 4.19. The van der Waals surface area contributed by atoms with Gasteiger partial charge in [0.2, 0.25) is 0 Å². The Bertz CT molecular complexity index is 630. The highest BCUT2D eigenvalue weighted by Gasteiger charge is 1.96. The van der Waals surface area contributed by atoms with Gasteiger partial charge in [0, 0.05) is 5.56 Å². The lowest BCUT2D eigenvalue weighted by molar-refractivity contribution is 0.667. The van der Waals surface area contributed by atoms with E-state index in [1.807, 2.05) is 12.1 Å². The molecule has 0 unspecified atom stereocenters. The summed E-state index contributed by atoms with van der Waals surface area (Å²) in [7, 11) is 0. The first-order valence-corrected chi connectivity index (χ1v) is 8.75. The molecular formula is C21H26N2. The van der Waals surface area contributed by atoms with E-state index in [1.54, 1.807) is 0 Å². The third-order valence-electron chi connectivity index (χ3n) is 3.83. The first-order valence-electron chi connectivity index (χ1n) is 8.75. The molecule has 120 valence electrons. The summed E-state index contributed by atoms with van der Waals surface area (Å²) < 4.78 is 0. The Labute approximate surface area is 140 Å². The predicted molar refractivity (Wildman–Crippen MR) is 96.3 cm³/mol. The second-order valence-corrected chi connectivity index (χ2v) is 5.92. The van der Waals surface area contributed by atoms with Crippen LogP contribution in [0.3, 0.4) is 0 Å². The van der Waals surface area contributed by atoms with Crippen molar-refractivity contribution in [3.8, 4) is 11.8 Å². The Morgan fingerprint density at radius 1 is 0.739 bits per heavy atom. The number of hydrogen-bond donors (Lipinski definition) is 0. The van der Waals surface area contributed by atoms with Crippen LogP contribution < -0.4 is 0 Å². The van der Waals surface area contributed by atoms with Crippen LogP contribution in [0.25, 0.3) is 0 Å². The first-order chi connectivity index (χ1) is 11.3. The molecule has 2 aromatic rings. The van der Waals surface area contributed by atoms with Crippen LogP contribution in [0.4, 0.5) is 0 Å². The molecule has 0 saturated heterocycles. The molecule has 0 fully saturated rings. The first kappa shape index (κ1) is 17.2. The van der Waals surface area contributed by atoms with E-state index in [9.17, 15) is 0 Å². The molecule has 0 aliphatic carbocycles. The summed E-state index contributed by atoms with van der Waals surface area (Å²) in [6.07, 6.45) is 8.45. The van der Waals surface area contributed by atoms with E-state index >= 15 is 0 Å². The molecule has 23 heavy (non-hydrogen) atoms. The van der Waals surface area contributed by atoms with Crippen molar-refractivity contribution in [2.75, 3.05) is 0 Å². The lowest BCUT2D eigenvalue weighted by Crippen LogP contribution is -1.94. The average Bonchev–Trinajstić information content (AvgIpc) is 2.59. The zero-order valence-corrected chi connectivity index (χ0v) is 14.3. The van der Waals surface area contributed by atoms with Crippen LogP contribution in [0.5, 0.6) is 0 Å². The predicted octanol–water partition coefficient (Wildman–Crippen LogP) is 4.95. The fraction of sp³-hybridized carbons (Fsp3) is 0.429. The summed E-state index contributed by atoms with van der Waals surface area (Å²) in [5, 5.41) is 8.36. The molecule has 1 heterocycles. The van der Waals surface area contributed by atoms with Crippen LogP contribution in [0, 0.1) is 11.8 Å². The molecular weight excluding hydrogens is 280 g/mol. The average molecular weight is 306 g/mol. The monoisotopic (exact) mass is 306 g/mol. The van der Waals surface area contributed by atoms with Gasteiger partial charge in [0.15, 0.2) is 0 Å². The molecule has 0 spiro atoms. The van der Waals surface area contributed by atoms with Gasteiger partial charge in [0.1, 0.15) is 5.69 Å². The number of benzene rings is 1. The molecule has 0 N–H and O–H groups in total. The van der Waals surface area contributed by atoms with Crippen molar-refractivity contribution >= 4 is 0 Å². The number of hydrogen-bond acceptors (Lipinski definition) is 2. The van der Waals surface area contributed by atoms with Gasteiger partial charge in [-0.1, -0.05) is 57.6 Å². The molecule has 0 aliphatic rings. The highest BCUT2D eigenvalue weighted by molar-refractivity contribution is 5.40. The summed E-state index contributed by atoms with van der Waals surface area (Å²) >= 11 is 0. The number of unbranched alkanes of at least 4 members (excludes halogenated alkanes) is 3. The van der Waals surface area contributed by atoms with Gasteiger partial charge < -0.3 is 0 Å². The molecule has 0 saturated carbocycles. The maximum atomic E-state index is 4.19. The Balaban J connectivity index is 1.90. The molecule has 0 atom stereocenters. The van der Waals surface area contributed by atoms with E-state index < -0.39 is 0 Å². The van der Waals surface area contributed by atoms with Crippen molar-refractivity contribution in [2.24, 2.45) is 0 Å². The van der Waals surface area contributed by atoms with E-state index in [0.717, 1.165) is 36.2 Å². The van der Waals surface area contributed by atoms with Crippen LogP contribution >= 0.6 is 0 Å². The fourth-order valence-corrected chi connectivity index (χ4v) is 2.46. The van der Waals surface area contributed by atoms with Crippen LogP contribution in [0.15, 0.2) is 36.4 Å². The maximum absolute atomic E-state index is 4.19. The second kappa shape index (κ2) is 9.79. The Morgan fingerprint density at radius 2 is 1.57 bits per heavy atom. The van der Waals surface area contributed by atoms with Crippen LogP contribution in [-0.4, -0.2) is 10.2 Å². The van der Waals surface area contributed by atoms with E-state index in [4.69, 9.17) is 0 Å². The van der Waals surface area contributed by atoms with Crippen LogP contribution in [0.2, 0.25) is 0 Å². The van der Waals surface area contributed by atoms with Crippen molar-refractivity contribution in [3.63, 3.8) is 0 Å². The van der Waals surface area contributed by atoms with Crippen molar-refractivity contribution in [3.05, 3.63) is 58.9 Å². The van der Waals surface area contributed by atoms with E-state index in [-0.39, 0.29) is 0 Å². The highest BCUT2D eigenvalue weighted by Crippen LogP contribution is 2.09. The van der Waals surface area contributed by atoms with Crippen LogP contribution in [0.1, 0.15) is 68.5 Å². The Kier molecular flexibility index (Phi) is 7.33. The Hall–Kier alpha value is -2.14. The lowest BCUT2D eigenvalue weighted by Gasteiger charge is -2.01. The zero-order chi connectivity index (χ0) is 16.3. The quantitative estimate of drug-likeness (QED) is 0.534. The van der Waals surface area contributed by atoms with Crippen molar-refractivity contribution in [2.45, 2.75) is 58.8 Å². The maximum Gasteiger partial charge on any atom is 0.136 e. The van der Waals surface area contributed by atoms with Gasteiger partial charge in [-0.25, -0.2) is 0 Å². The van der Waals surface area contributed by atoms with Gasteiger partial charge in [0.25, 0.3) is 0 Å². The van der Waals surface area contributed by atoms with Crippen LogP contribution in [-0.2, 0) is 12.8 Å². The van der Waals surface area contributed by atoms with Crippen molar-refractivity contribution < 1.29 is 0 Å². The molecule has 0 radical (unpaired) electrons. The number of aryl methyl sites for hydroxylation is 2. The van der Waals surface area contributed by atoms with Gasteiger partial charge in [-0.15, -0.1) is 5.10 Å². The second-order valence-electron chi connectivity index (χ2n) is 5.92. The Morgan fingerprint density at radius 3 is 2.22 bits per heavy atom. The molecule has 0 aliphatic heterocycles. The normalized spacial score (nSPS) is 10.2. The molecule has 1 aromatic carbocycles. The lowest BCUT2D eigenvalue weighted by atomic mass is 10.0. The summed E-state index contributed by atoms with van der Waals surface area (Å²) in [5.74, 6) is 6.25. The van der Waals surface area contributed by atoms with E-state index in [2.05, 4.69) is 60.2 Å². The molecule has 2 nitrogen and oxygen atoms in total. The van der Waals surface area contributed by atoms with Crippen molar-refractivity contribution in [1.82, 2.24) is 10.2 Å². The van der Waals surface area contributed by atoms with Gasteiger partial charge in [-0.05, 0) is 55.0 Å². The minimum absolute atomic E-state index is 0.730. The third kappa shape index (κ3) is 6.24. The zero-order valence-electron chi connectivity index (χ0n) is 14.3. The molecule has 2 heteroatoms. The van der Waals surface area contributed by atoms with Gasteiger partial charge in [-0.3, -0.25) is 0 Å². The molecule has 1 aromatic heterocycles. The largest absolute Gasteiger partial charge is 0.154 e. The van der Waals surface area contributed by atoms with E-state index in [1.165, 1.54) is 31.2 Å². The van der Waals surface area contributed by atoms with Gasteiger partial charge in [-0.2, -0.15) is 5.10 Å². The fourth-order valence-electron chi connectivity index (χ4n) is 2.46.